The molecule has 0 aliphatic carbocycles. The number of hydrogen-bond acceptors (Lipinski definition) is 5. The smallest absolute Gasteiger partial charge is 0.356 e. The van der Waals surface area contributed by atoms with Crippen LogP contribution in [0.1, 0.15) is 16.1 Å². The highest BCUT2D eigenvalue weighted by Crippen LogP contribution is 2.14. The second-order valence-electron chi connectivity index (χ2n) is 5.47. The third-order valence-electron chi connectivity index (χ3n) is 3.63. The molecule has 1 aliphatic heterocycles. The van der Waals surface area contributed by atoms with Crippen molar-refractivity contribution in [2.45, 2.75) is 6.54 Å². The van der Waals surface area contributed by atoms with E-state index in [1.807, 2.05) is 12.1 Å². The van der Waals surface area contributed by atoms with Crippen molar-refractivity contribution in [3.8, 4) is 5.69 Å². The lowest BCUT2D eigenvalue weighted by atomic mass is 10.2. The van der Waals surface area contributed by atoms with E-state index in [1.165, 1.54) is 27.4 Å². The lowest BCUT2D eigenvalue weighted by Crippen LogP contribution is -2.37. The Morgan fingerprint density at radius 1 is 1.32 bits per heavy atom. The summed E-state index contributed by atoms with van der Waals surface area (Å²) < 4.78 is 1.47. The zero-order valence-electron chi connectivity index (χ0n) is 13.2. The second-order valence-corrected chi connectivity index (χ2v) is 6.42. The van der Waals surface area contributed by atoms with Gasteiger partial charge in [-0.05, 0) is 23.8 Å². The van der Waals surface area contributed by atoms with Gasteiger partial charge in [0.15, 0.2) is 5.69 Å². The molecule has 0 unspecified atom stereocenters. The number of amides is 2. The average Bonchev–Trinajstić information content (AvgIpc) is 3.23. The number of carbonyl (C=O) groups excluding carboxylic acids is 2. The molecule has 0 spiro atoms. The summed E-state index contributed by atoms with van der Waals surface area (Å²) in [6.45, 7) is 0.377. The highest BCUT2D eigenvalue weighted by molar-refractivity contribution is 8.00. The zero-order valence-corrected chi connectivity index (χ0v) is 14.0. The first-order chi connectivity index (χ1) is 12.0. The number of hydrogen-bond donors (Lipinski definition) is 2. The molecule has 9 heteroatoms. The molecule has 8 nitrogen and oxygen atoms in total. The number of benzene rings is 1. The summed E-state index contributed by atoms with van der Waals surface area (Å²) in [4.78, 5) is 35.9. The Balaban J connectivity index is 1.60. The Hall–Kier alpha value is -2.81. The van der Waals surface area contributed by atoms with E-state index in [-0.39, 0.29) is 24.1 Å². The molecule has 0 bridgehead atoms. The molecule has 2 heterocycles. The summed E-state index contributed by atoms with van der Waals surface area (Å²) >= 11 is 1.50. The summed E-state index contributed by atoms with van der Waals surface area (Å²) in [5.74, 6) is -0.342. The second kappa shape index (κ2) is 7.39. The van der Waals surface area contributed by atoms with E-state index in [2.05, 4.69) is 10.4 Å². The Morgan fingerprint density at radius 3 is 2.84 bits per heavy atom. The first kappa shape index (κ1) is 17.0. The molecule has 2 amide bonds. The quantitative estimate of drug-likeness (QED) is 0.787. The molecule has 3 rings (SSSR count). The SMILES string of the molecule is O=C(CN1CSCC1=O)NCc1cccc(-n2ccc(C(=O)O)n2)c1. The van der Waals surface area contributed by atoms with Crippen molar-refractivity contribution in [2.24, 2.45) is 0 Å². The number of nitrogens with zero attached hydrogens (tertiary/aromatic N) is 3. The molecule has 0 saturated carbocycles. The molecule has 1 fully saturated rings. The van der Waals surface area contributed by atoms with Crippen molar-refractivity contribution in [3.63, 3.8) is 0 Å². The van der Waals surface area contributed by atoms with Crippen LogP contribution >= 0.6 is 11.8 Å². The van der Waals surface area contributed by atoms with Crippen molar-refractivity contribution in [1.29, 1.82) is 0 Å². The normalized spacial score (nSPS) is 13.9. The number of thioether (sulfide) groups is 1. The lowest BCUT2D eigenvalue weighted by Gasteiger charge is -2.14. The number of aromatic nitrogens is 2. The highest BCUT2D eigenvalue weighted by atomic mass is 32.2. The Labute approximate surface area is 147 Å². The summed E-state index contributed by atoms with van der Waals surface area (Å²) in [6.07, 6.45) is 1.57. The number of carboxylic acid groups (broad SMARTS) is 1. The van der Waals surface area contributed by atoms with Gasteiger partial charge in [0.25, 0.3) is 0 Å². The van der Waals surface area contributed by atoms with Crippen molar-refractivity contribution < 1.29 is 19.5 Å². The van der Waals surface area contributed by atoms with Crippen LogP contribution in [0.15, 0.2) is 36.5 Å². The minimum atomic E-state index is -1.09. The van der Waals surface area contributed by atoms with E-state index in [4.69, 9.17) is 5.11 Å². The molecule has 1 aromatic heterocycles. The summed E-state index contributed by atoms with van der Waals surface area (Å²) in [5, 5.41) is 15.7. The van der Waals surface area contributed by atoms with Crippen LogP contribution in [0.2, 0.25) is 0 Å². The lowest BCUT2D eigenvalue weighted by molar-refractivity contribution is -0.132. The third-order valence-corrected chi connectivity index (χ3v) is 4.58. The van der Waals surface area contributed by atoms with Crippen LogP contribution in [0.3, 0.4) is 0 Å². The number of aromatic carboxylic acids is 1. The van der Waals surface area contributed by atoms with Gasteiger partial charge in [-0.2, -0.15) is 5.10 Å². The highest BCUT2D eigenvalue weighted by Gasteiger charge is 2.22. The van der Waals surface area contributed by atoms with E-state index in [9.17, 15) is 14.4 Å². The fourth-order valence-electron chi connectivity index (χ4n) is 2.36. The maximum absolute atomic E-state index is 12.0. The van der Waals surface area contributed by atoms with E-state index in [0.717, 1.165) is 5.56 Å². The van der Waals surface area contributed by atoms with Gasteiger partial charge in [0.2, 0.25) is 11.8 Å². The minimum Gasteiger partial charge on any atom is -0.476 e. The number of nitrogens with one attached hydrogen (secondary N) is 1. The van der Waals surface area contributed by atoms with Gasteiger partial charge in [0.05, 0.1) is 17.3 Å². The van der Waals surface area contributed by atoms with Crippen LogP contribution in [0.4, 0.5) is 0 Å². The fraction of sp³-hybridized carbons (Fsp3) is 0.250. The van der Waals surface area contributed by atoms with Crippen LogP contribution in [0.5, 0.6) is 0 Å². The van der Waals surface area contributed by atoms with Crippen molar-refractivity contribution >= 4 is 29.5 Å². The van der Waals surface area contributed by atoms with Crippen molar-refractivity contribution in [2.75, 3.05) is 18.2 Å². The molecule has 2 aromatic rings. The summed E-state index contributed by atoms with van der Waals surface area (Å²) in [5.41, 5.74) is 1.51. The van der Waals surface area contributed by atoms with Gasteiger partial charge in [-0.1, -0.05) is 12.1 Å². The molecule has 0 radical (unpaired) electrons. The minimum absolute atomic E-state index is 0.0185. The van der Waals surface area contributed by atoms with Gasteiger partial charge in [0.1, 0.15) is 6.54 Å². The molecule has 1 saturated heterocycles. The Bertz CT molecular complexity index is 820. The Kier molecular flexibility index (Phi) is 5.03. The molecular formula is C16H16N4O4S. The predicted octanol–water partition coefficient (Wildman–Crippen LogP) is 0.720. The molecule has 2 N–H and O–H groups in total. The zero-order chi connectivity index (χ0) is 17.8. The van der Waals surface area contributed by atoms with Gasteiger partial charge in [0, 0.05) is 12.7 Å². The first-order valence-electron chi connectivity index (χ1n) is 7.53. The third kappa shape index (κ3) is 4.18. The topological polar surface area (TPSA) is 105 Å². The Morgan fingerprint density at radius 2 is 2.16 bits per heavy atom. The van der Waals surface area contributed by atoms with Gasteiger partial charge in [-0.15, -0.1) is 11.8 Å². The standard InChI is InChI=1S/C16H16N4O4S/c21-14(8-19-10-25-9-15(19)22)17-7-11-2-1-3-12(6-11)20-5-4-13(18-20)16(23)24/h1-6H,7-10H2,(H,17,21)(H,23,24). The predicted molar refractivity (Wildman–Crippen MR) is 91.4 cm³/mol. The van der Waals surface area contributed by atoms with Crippen molar-refractivity contribution in [3.05, 3.63) is 47.8 Å². The van der Waals surface area contributed by atoms with E-state index < -0.39 is 5.97 Å². The summed E-state index contributed by atoms with van der Waals surface area (Å²) in [7, 11) is 0. The van der Waals surface area contributed by atoms with Crippen LogP contribution < -0.4 is 5.32 Å². The van der Waals surface area contributed by atoms with E-state index in [1.54, 1.807) is 18.3 Å². The molecule has 130 valence electrons. The van der Waals surface area contributed by atoms with Crippen LogP contribution in [-0.2, 0) is 16.1 Å². The van der Waals surface area contributed by atoms with Crippen LogP contribution in [-0.4, -0.2) is 55.7 Å². The maximum atomic E-state index is 12.0. The maximum Gasteiger partial charge on any atom is 0.356 e. The van der Waals surface area contributed by atoms with Gasteiger partial charge >= 0.3 is 5.97 Å². The molecule has 25 heavy (non-hydrogen) atoms. The van der Waals surface area contributed by atoms with E-state index >= 15 is 0 Å². The molecule has 1 aromatic carbocycles. The molecule has 1 aliphatic rings. The fourth-order valence-corrected chi connectivity index (χ4v) is 3.27. The van der Waals surface area contributed by atoms with Gasteiger partial charge < -0.3 is 15.3 Å². The summed E-state index contributed by atoms with van der Waals surface area (Å²) in [6, 6.07) is 8.68. The van der Waals surface area contributed by atoms with Crippen LogP contribution in [0, 0.1) is 0 Å². The first-order valence-corrected chi connectivity index (χ1v) is 8.69. The number of rotatable bonds is 6. The number of carbonyl (C=O) groups is 3. The molecular weight excluding hydrogens is 344 g/mol. The van der Waals surface area contributed by atoms with Crippen LogP contribution in [0.25, 0.3) is 5.69 Å². The van der Waals surface area contributed by atoms with Gasteiger partial charge in [-0.3, -0.25) is 9.59 Å². The molecule has 0 atom stereocenters. The van der Waals surface area contributed by atoms with E-state index in [0.29, 0.717) is 23.9 Å². The average molecular weight is 360 g/mol. The monoisotopic (exact) mass is 360 g/mol. The van der Waals surface area contributed by atoms with Crippen molar-refractivity contribution in [1.82, 2.24) is 20.0 Å². The van der Waals surface area contributed by atoms with Gasteiger partial charge in [-0.25, -0.2) is 9.48 Å². The largest absolute Gasteiger partial charge is 0.476 e. The number of carboxylic acids is 1.